The Morgan fingerprint density at radius 2 is 1.68 bits per heavy atom. The van der Waals surface area contributed by atoms with Crippen molar-refractivity contribution in [3.05, 3.63) is 36.4 Å². The summed E-state index contributed by atoms with van der Waals surface area (Å²) in [4.78, 5) is 4.19. The zero-order valence-electron chi connectivity index (χ0n) is 11.6. The summed E-state index contributed by atoms with van der Waals surface area (Å²) in [5.41, 5.74) is 2.54. The van der Waals surface area contributed by atoms with E-state index in [2.05, 4.69) is 27.6 Å². The highest BCUT2D eigenvalue weighted by molar-refractivity contribution is 5.45. The van der Waals surface area contributed by atoms with Gasteiger partial charge < -0.3 is 9.51 Å². The van der Waals surface area contributed by atoms with Crippen LogP contribution in [-0.4, -0.2) is 21.1 Å². The minimum Gasteiger partial charge on any atom is -0.396 e. The van der Waals surface area contributed by atoms with E-state index >= 15 is 0 Å². The molecule has 3 heteroatoms. The number of nitrogens with zero attached hydrogens (tertiary/aromatic N) is 2. The molecule has 2 rings (SSSR count). The number of hydrogen-bond donors (Lipinski definition) is 1. The van der Waals surface area contributed by atoms with Crippen molar-refractivity contribution >= 4 is 5.52 Å². The van der Waals surface area contributed by atoms with Gasteiger partial charge in [-0.1, -0.05) is 38.2 Å². The van der Waals surface area contributed by atoms with Crippen LogP contribution in [0.15, 0.2) is 30.7 Å². The molecular weight excluding hydrogens is 236 g/mol. The van der Waals surface area contributed by atoms with E-state index in [4.69, 9.17) is 5.11 Å². The van der Waals surface area contributed by atoms with Crippen LogP contribution in [0.1, 0.15) is 50.6 Å². The number of imidazole rings is 1. The van der Waals surface area contributed by atoms with Gasteiger partial charge in [-0.05, 0) is 31.4 Å². The third kappa shape index (κ3) is 4.35. The molecule has 0 aliphatic carbocycles. The maximum absolute atomic E-state index is 8.69. The molecular formula is C16H24N2O. The van der Waals surface area contributed by atoms with Crippen LogP contribution in [0.2, 0.25) is 0 Å². The minimum atomic E-state index is 0.342. The fraction of sp³-hybridized carbons (Fsp3) is 0.562. The molecule has 0 aliphatic heterocycles. The van der Waals surface area contributed by atoms with Gasteiger partial charge in [0.2, 0.25) is 0 Å². The van der Waals surface area contributed by atoms with Crippen molar-refractivity contribution in [1.82, 2.24) is 9.38 Å². The van der Waals surface area contributed by atoms with Crippen LogP contribution in [0.3, 0.4) is 0 Å². The number of aromatic nitrogens is 2. The lowest BCUT2D eigenvalue weighted by molar-refractivity contribution is 0.282. The maximum Gasteiger partial charge on any atom is 0.0994 e. The standard InChI is InChI=1S/C16H24N2O/c19-12-7-5-3-1-2-4-6-9-15-10-8-11-16-13-17-14-18(15)16/h8,10-11,13-14,19H,1-7,9,12H2. The number of pyridine rings is 1. The van der Waals surface area contributed by atoms with Gasteiger partial charge in [0.25, 0.3) is 0 Å². The minimum absolute atomic E-state index is 0.342. The topological polar surface area (TPSA) is 37.5 Å². The first kappa shape index (κ1) is 14.1. The Morgan fingerprint density at radius 3 is 2.47 bits per heavy atom. The number of aliphatic hydroxyl groups excluding tert-OH is 1. The smallest absolute Gasteiger partial charge is 0.0994 e. The second kappa shape index (κ2) is 7.95. The molecule has 0 atom stereocenters. The number of aliphatic hydroxyl groups is 1. The summed E-state index contributed by atoms with van der Waals surface area (Å²) in [7, 11) is 0. The Kier molecular flexibility index (Phi) is 5.89. The van der Waals surface area contributed by atoms with Crippen LogP contribution in [0, 0.1) is 0 Å². The van der Waals surface area contributed by atoms with Gasteiger partial charge in [0.05, 0.1) is 18.0 Å². The Morgan fingerprint density at radius 1 is 0.947 bits per heavy atom. The zero-order chi connectivity index (χ0) is 13.3. The number of hydrogen-bond acceptors (Lipinski definition) is 2. The van der Waals surface area contributed by atoms with E-state index in [0.29, 0.717) is 6.61 Å². The fourth-order valence-electron chi connectivity index (χ4n) is 2.51. The van der Waals surface area contributed by atoms with Crippen LogP contribution >= 0.6 is 0 Å². The molecule has 0 bridgehead atoms. The van der Waals surface area contributed by atoms with Crippen molar-refractivity contribution in [2.24, 2.45) is 0 Å². The van der Waals surface area contributed by atoms with Gasteiger partial charge in [-0.3, -0.25) is 0 Å². The molecule has 0 saturated carbocycles. The summed E-state index contributed by atoms with van der Waals surface area (Å²) in [5, 5.41) is 8.69. The molecule has 19 heavy (non-hydrogen) atoms. The molecule has 0 radical (unpaired) electrons. The summed E-state index contributed by atoms with van der Waals surface area (Å²) in [6, 6.07) is 6.40. The van der Waals surface area contributed by atoms with Crippen molar-refractivity contribution < 1.29 is 5.11 Å². The van der Waals surface area contributed by atoms with E-state index in [0.717, 1.165) is 12.8 Å². The van der Waals surface area contributed by atoms with Gasteiger partial charge in [-0.15, -0.1) is 0 Å². The van der Waals surface area contributed by atoms with Gasteiger partial charge in [0.15, 0.2) is 0 Å². The lowest BCUT2D eigenvalue weighted by Crippen LogP contribution is -1.95. The molecule has 0 aromatic carbocycles. The number of fused-ring (bicyclic) bond motifs is 1. The fourth-order valence-corrected chi connectivity index (χ4v) is 2.51. The number of rotatable bonds is 9. The van der Waals surface area contributed by atoms with Crippen molar-refractivity contribution in [2.45, 2.75) is 51.4 Å². The lowest BCUT2D eigenvalue weighted by Gasteiger charge is -2.05. The van der Waals surface area contributed by atoms with Crippen molar-refractivity contribution in [3.8, 4) is 0 Å². The molecule has 0 spiro atoms. The predicted octanol–water partition coefficient (Wildman–Crippen LogP) is 3.60. The highest BCUT2D eigenvalue weighted by Crippen LogP contribution is 2.12. The van der Waals surface area contributed by atoms with E-state index in [1.165, 1.54) is 49.7 Å². The van der Waals surface area contributed by atoms with Crippen LogP contribution in [0.4, 0.5) is 0 Å². The number of unbranched alkanes of at least 4 members (excludes halogenated alkanes) is 6. The van der Waals surface area contributed by atoms with Gasteiger partial charge in [-0.25, -0.2) is 4.98 Å². The molecule has 0 amide bonds. The summed E-state index contributed by atoms with van der Waals surface area (Å²) >= 11 is 0. The lowest BCUT2D eigenvalue weighted by atomic mass is 10.1. The average molecular weight is 260 g/mol. The highest BCUT2D eigenvalue weighted by atomic mass is 16.2. The van der Waals surface area contributed by atoms with Crippen LogP contribution < -0.4 is 0 Å². The van der Waals surface area contributed by atoms with E-state index in [-0.39, 0.29) is 0 Å². The van der Waals surface area contributed by atoms with E-state index in [9.17, 15) is 0 Å². The summed E-state index contributed by atoms with van der Waals surface area (Å²) in [6.07, 6.45) is 13.5. The molecule has 2 aromatic rings. The van der Waals surface area contributed by atoms with E-state index in [1.54, 1.807) is 0 Å². The average Bonchev–Trinajstić information content (AvgIpc) is 2.91. The second-order valence-corrected chi connectivity index (χ2v) is 5.15. The second-order valence-electron chi connectivity index (χ2n) is 5.15. The third-order valence-electron chi connectivity index (χ3n) is 3.62. The van der Waals surface area contributed by atoms with Crippen LogP contribution in [0.25, 0.3) is 5.52 Å². The van der Waals surface area contributed by atoms with Gasteiger partial charge >= 0.3 is 0 Å². The zero-order valence-corrected chi connectivity index (χ0v) is 11.6. The molecule has 0 aliphatic rings. The van der Waals surface area contributed by atoms with Crippen LogP contribution in [-0.2, 0) is 6.42 Å². The van der Waals surface area contributed by atoms with Crippen molar-refractivity contribution in [1.29, 1.82) is 0 Å². The molecule has 2 heterocycles. The van der Waals surface area contributed by atoms with Gasteiger partial charge in [-0.2, -0.15) is 0 Å². The summed E-state index contributed by atoms with van der Waals surface area (Å²) in [5.74, 6) is 0. The van der Waals surface area contributed by atoms with Gasteiger partial charge in [0, 0.05) is 12.3 Å². The van der Waals surface area contributed by atoms with Crippen molar-refractivity contribution in [3.63, 3.8) is 0 Å². The molecule has 104 valence electrons. The molecule has 1 N–H and O–H groups in total. The predicted molar refractivity (Wildman–Crippen MR) is 78.3 cm³/mol. The monoisotopic (exact) mass is 260 g/mol. The summed E-state index contributed by atoms with van der Waals surface area (Å²) < 4.78 is 2.18. The molecule has 0 saturated heterocycles. The number of aryl methyl sites for hydroxylation is 1. The Labute approximate surface area is 115 Å². The summed E-state index contributed by atoms with van der Waals surface area (Å²) in [6.45, 7) is 0.342. The maximum atomic E-state index is 8.69. The molecule has 3 nitrogen and oxygen atoms in total. The normalized spacial score (nSPS) is 11.2. The van der Waals surface area contributed by atoms with E-state index in [1.807, 2.05) is 12.5 Å². The van der Waals surface area contributed by atoms with E-state index < -0.39 is 0 Å². The first-order valence-corrected chi connectivity index (χ1v) is 7.42. The first-order chi connectivity index (χ1) is 9.42. The van der Waals surface area contributed by atoms with Gasteiger partial charge in [0.1, 0.15) is 0 Å². The Hall–Kier alpha value is -1.35. The third-order valence-corrected chi connectivity index (χ3v) is 3.62. The highest BCUT2D eigenvalue weighted by Gasteiger charge is 2.00. The largest absolute Gasteiger partial charge is 0.396 e. The Balaban J connectivity index is 1.64. The molecule has 0 fully saturated rings. The van der Waals surface area contributed by atoms with Crippen LogP contribution in [0.5, 0.6) is 0 Å². The Bertz CT molecular complexity index is 478. The molecule has 2 aromatic heterocycles. The SMILES string of the molecule is OCCCCCCCCCc1cccc2cncn12. The molecule has 0 unspecified atom stereocenters. The quantitative estimate of drug-likeness (QED) is 0.699. The first-order valence-electron chi connectivity index (χ1n) is 7.42. The van der Waals surface area contributed by atoms with Crippen molar-refractivity contribution in [2.75, 3.05) is 6.61 Å².